The number of likely N-dealkylation sites (N-methyl/N-ethyl adjacent to an activating group) is 1. The van der Waals surface area contributed by atoms with Crippen molar-refractivity contribution >= 4 is 0 Å². The Balaban J connectivity index is 2.00. The molecule has 3 nitrogen and oxygen atoms in total. The number of ether oxygens (including phenoxy) is 2. The Morgan fingerprint density at radius 3 is 2.68 bits per heavy atom. The largest absolute Gasteiger partial charge is 0.350 e. The Bertz CT molecular complexity index is 400. The lowest BCUT2D eigenvalue weighted by Crippen LogP contribution is -2.35. The molecule has 2 rings (SSSR count). The maximum atomic E-state index is 5.56. The van der Waals surface area contributed by atoms with Crippen molar-refractivity contribution in [2.24, 2.45) is 0 Å². The molecule has 0 aliphatic carbocycles. The lowest BCUT2D eigenvalue weighted by Gasteiger charge is -2.22. The molecular formula is C16H25NO2. The van der Waals surface area contributed by atoms with E-state index < -0.39 is 0 Å². The van der Waals surface area contributed by atoms with Crippen LogP contribution in [0.15, 0.2) is 18.2 Å². The number of rotatable bonds is 6. The van der Waals surface area contributed by atoms with Gasteiger partial charge in [-0.1, -0.05) is 30.7 Å². The van der Waals surface area contributed by atoms with Gasteiger partial charge in [0.05, 0.1) is 13.2 Å². The summed E-state index contributed by atoms with van der Waals surface area (Å²) in [5.74, 6) is 0. The van der Waals surface area contributed by atoms with Gasteiger partial charge in [-0.15, -0.1) is 0 Å². The molecule has 1 aliphatic heterocycles. The first-order valence-electron chi connectivity index (χ1n) is 7.21. The quantitative estimate of drug-likeness (QED) is 0.855. The first-order chi connectivity index (χ1) is 9.19. The monoisotopic (exact) mass is 263 g/mol. The fourth-order valence-corrected chi connectivity index (χ4v) is 2.59. The van der Waals surface area contributed by atoms with Gasteiger partial charge in [0.1, 0.15) is 0 Å². The van der Waals surface area contributed by atoms with Crippen LogP contribution < -0.4 is 5.32 Å². The van der Waals surface area contributed by atoms with E-state index in [1.54, 1.807) is 0 Å². The molecule has 0 radical (unpaired) electrons. The van der Waals surface area contributed by atoms with Crippen molar-refractivity contribution in [3.05, 3.63) is 34.9 Å². The predicted octanol–water partition coefficient (Wildman–Crippen LogP) is 2.59. The van der Waals surface area contributed by atoms with Crippen molar-refractivity contribution in [1.29, 1.82) is 0 Å². The molecule has 0 saturated carbocycles. The van der Waals surface area contributed by atoms with Gasteiger partial charge >= 0.3 is 0 Å². The molecule has 1 N–H and O–H groups in total. The Morgan fingerprint density at radius 1 is 1.26 bits per heavy atom. The first kappa shape index (κ1) is 14.5. The van der Waals surface area contributed by atoms with E-state index in [4.69, 9.17) is 9.47 Å². The molecule has 3 heteroatoms. The summed E-state index contributed by atoms with van der Waals surface area (Å²) in [4.78, 5) is 0. The SMILES string of the molecule is CCNC(Cc1cc(C)ccc1C)CC1OCCO1. The van der Waals surface area contributed by atoms with Crippen LogP contribution in [0, 0.1) is 13.8 Å². The molecule has 1 aromatic rings. The van der Waals surface area contributed by atoms with Crippen molar-refractivity contribution in [3.63, 3.8) is 0 Å². The second kappa shape index (κ2) is 7.04. The van der Waals surface area contributed by atoms with Gasteiger partial charge in [0.2, 0.25) is 0 Å². The molecule has 106 valence electrons. The van der Waals surface area contributed by atoms with Crippen molar-refractivity contribution in [3.8, 4) is 0 Å². The lowest BCUT2D eigenvalue weighted by molar-refractivity contribution is -0.0525. The third-order valence-corrected chi connectivity index (χ3v) is 3.63. The van der Waals surface area contributed by atoms with E-state index in [-0.39, 0.29) is 6.29 Å². The van der Waals surface area contributed by atoms with Gasteiger partial charge in [0.25, 0.3) is 0 Å². The summed E-state index contributed by atoms with van der Waals surface area (Å²) in [5, 5.41) is 3.54. The summed E-state index contributed by atoms with van der Waals surface area (Å²) >= 11 is 0. The third kappa shape index (κ3) is 4.30. The molecule has 0 amide bonds. The van der Waals surface area contributed by atoms with Gasteiger partial charge in [0, 0.05) is 12.5 Å². The van der Waals surface area contributed by atoms with Crippen LogP contribution in [0.5, 0.6) is 0 Å². The van der Waals surface area contributed by atoms with Crippen molar-refractivity contribution < 1.29 is 9.47 Å². The van der Waals surface area contributed by atoms with Crippen LogP contribution in [0.1, 0.15) is 30.0 Å². The Hall–Kier alpha value is -0.900. The molecule has 1 aliphatic rings. The molecule has 1 aromatic carbocycles. The van der Waals surface area contributed by atoms with E-state index in [1.807, 2.05) is 0 Å². The van der Waals surface area contributed by atoms with Crippen LogP contribution >= 0.6 is 0 Å². The van der Waals surface area contributed by atoms with Crippen LogP contribution in [-0.2, 0) is 15.9 Å². The van der Waals surface area contributed by atoms with E-state index in [0.717, 1.165) is 32.6 Å². The normalized spacial score (nSPS) is 17.8. The minimum atomic E-state index is -0.0332. The number of hydrogen-bond acceptors (Lipinski definition) is 3. The summed E-state index contributed by atoms with van der Waals surface area (Å²) in [6.45, 7) is 8.91. The molecule has 1 saturated heterocycles. The zero-order chi connectivity index (χ0) is 13.7. The smallest absolute Gasteiger partial charge is 0.159 e. The molecule has 0 spiro atoms. The predicted molar refractivity (Wildman–Crippen MR) is 77.4 cm³/mol. The van der Waals surface area contributed by atoms with Crippen molar-refractivity contribution in [2.75, 3.05) is 19.8 Å². The minimum Gasteiger partial charge on any atom is -0.350 e. The molecule has 1 heterocycles. The number of nitrogens with one attached hydrogen (secondary N) is 1. The molecule has 0 bridgehead atoms. The zero-order valence-electron chi connectivity index (χ0n) is 12.2. The summed E-state index contributed by atoms with van der Waals surface area (Å²) < 4.78 is 11.1. The first-order valence-corrected chi connectivity index (χ1v) is 7.21. The highest BCUT2D eigenvalue weighted by atomic mass is 16.7. The average Bonchev–Trinajstić information content (AvgIpc) is 2.87. The number of benzene rings is 1. The molecule has 0 aromatic heterocycles. The van der Waals surface area contributed by atoms with E-state index in [9.17, 15) is 0 Å². The molecule has 19 heavy (non-hydrogen) atoms. The summed E-state index contributed by atoms with van der Waals surface area (Å²) in [7, 11) is 0. The van der Waals surface area contributed by atoms with Gasteiger partial charge < -0.3 is 14.8 Å². The standard InChI is InChI=1S/C16H25NO2/c1-4-17-15(11-16-18-7-8-19-16)10-14-9-12(2)5-6-13(14)3/h5-6,9,15-17H,4,7-8,10-11H2,1-3H3. The molecule has 1 unspecified atom stereocenters. The fourth-order valence-electron chi connectivity index (χ4n) is 2.59. The van der Waals surface area contributed by atoms with Crippen molar-refractivity contribution in [1.82, 2.24) is 5.32 Å². The van der Waals surface area contributed by atoms with Crippen LogP contribution in [0.3, 0.4) is 0 Å². The van der Waals surface area contributed by atoms with Gasteiger partial charge in [-0.3, -0.25) is 0 Å². The van der Waals surface area contributed by atoms with Crippen LogP contribution in [-0.4, -0.2) is 32.1 Å². The highest BCUT2D eigenvalue weighted by Gasteiger charge is 2.21. The van der Waals surface area contributed by atoms with Crippen LogP contribution in [0.2, 0.25) is 0 Å². The minimum absolute atomic E-state index is 0.0332. The topological polar surface area (TPSA) is 30.5 Å². The van der Waals surface area contributed by atoms with Gasteiger partial charge in [0.15, 0.2) is 6.29 Å². The lowest BCUT2D eigenvalue weighted by atomic mass is 9.97. The molecule has 1 fully saturated rings. The Kier molecular flexibility index (Phi) is 5.37. The molecular weight excluding hydrogens is 238 g/mol. The summed E-state index contributed by atoms with van der Waals surface area (Å²) in [5.41, 5.74) is 4.11. The Labute approximate surface area is 116 Å². The second-order valence-electron chi connectivity index (χ2n) is 5.30. The summed E-state index contributed by atoms with van der Waals surface area (Å²) in [6, 6.07) is 7.07. The van der Waals surface area contributed by atoms with Crippen LogP contribution in [0.4, 0.5) is 0 Å². The fraction of sp³-hybridized carbons (Fsp3) is 0.625. The Morgan fingerprint density at radius 2 is 2.00 bits per heavy atom. The molecule has 1 atom stereocenters. The summed E-state index contributed by atoms with van der Waals surface area (Å²) in [6.07, 6.45) is 1.92. The maximum Gasteiger partial charge on any atom is 0.159 e. The highest BCUT2D eigenvalue weighted by molar-refractivity contribution is 5.31. The van der Waals surface area contributed by atoms with E-state index in [0.29, 0.717) is 6.04 Å². The van der Waals surface area contributed by atoms with Gasteiger partial charge in [-0.25, -0.2) is 0 Å². The van der Waals surface area contributed by atoms with Gasteiger partial charge in [-0.05, 0) is 37.9 Å². The van der Waals surface area contributed by atoms with Gasteiger partial charge in [-0.2, -0.15) is 0 Å². The average molecular weight is 263 g/mol. The highest BCUT2D eigenvalue weighted by Crippen LogP contribution is 2.17. The maximum absolute atomic E-state index is 5.56. The van der Waals surface area contributed by atoms with E-state index in [1.165, 1.54) is 16.7 Å². The number of hydrogen-bond donors (Lipinski definition) is 1. The van der Waals surface area contributed by atoms with Crippen LogP contribution in [0.25, 0.3) is 0 Å². The second-order valence-corrected chi connectivity index (χ2v) is 5.30. The zero-order valence-corrected chi connectivity index (χ0v) is 12.2. The van der Waals surface area contributed by atoms with E-state index >= 15 is 0 Å². The van der Waals surface area contributed by atoms with Crippen molar-refractivity contribution in [2.45, 2.75) is 45.9 Å². The third-order valence-electron chi connectivity index (χ3n) is 3.63. The van der Waals surface area contributed by atoms with E-state index in [2.05, 4.69) is 44.3 Å². The number of aryl methyl sites for hydroxylation is 2.